The Bertz CT molecular complexity index is 1100. The largest absolute Gasteiger partial charge is 0.463 e. The number of hydrogen-bond acceptors (Lipinski definition) is 4. The van der Waals surface area contributed by atoms with Gasteiger partial charge in [0.15, 0.2) is 11.4 Å². The van der Waals surface area contributed by atoms with Gasteiger partial charge in [-0.15, -0.1) is 0 Å². The highest BCUT2D eigenvalue weighted by molar-refractivity contribution is 6.30. The van der Waals surface area contributed by atoms with E-state index in [2.05, 4.69) is 15.4 Å². The van der Waals surface area contributed by atoms with Crippen LogP contribution < -0.4 is 5.32 Å². The molecule has 0 unspecified atom stereocenters. The molecule has 0 aliphatic rings. The fourth-order valence-corrected chi connectivity index (χ4v) is 3.03. The van der Waals surface area contributed by atoms with Gasteiger partial charge in [0.1, 0.15) is 5.69 Å². The molecule has 0 bridgehead atoms. The van der Waals surface area contributed by atoms with Crippen molar-refractivity contribution < 1.29 is 9.21 Å². The number of nitrogens with zero attached hydrogens (tertiary/aromatic N) is 3. The zero-order valence-corrected chi connectivity index (χ0v) is 14.9. The number of anilines is 1. The summed E-state index contributed by atoms with van der Waals surface area (Å²) in [7, 11) is 1.80. The first-order chi connectivity index (χ1) is 12.5. The van der Waals surface area contributed by atoms with E-state index in [0.29, 0.717) is 38.8 Å². The van der Waals surface area contributed by atoms with Crippen molar-refractivity contribution in [2.75, 3.05) is 5.32 Å². The lowest BCUT2D eigenvalue weighted by Gasteiger charge is -2.08. The van der Waals surface area contributed by atoms with Crippen LogP contribution in [0.5, 0.6) is 0 Å². The molecule has 4 aromatic rings. The Balaban J connectivity index is 1.84. The third kappa shape index (κ3) is 2.84. The Morgan fingerprint density at radius 1 is 1.23 bits per heavy atom. The monoisotopic (exact) mass is 366 g/mol. The van der Waals surface area contributed by atoms with E-state index in [9.17, 15) is 4.79 Å². The molecule has 1 N–H and O–H groups in total. The summed E-state index contributed by atoms with van der Waals surface area (Å²) in [5.74, 6) is 0.343. The minimum Gasteiger partial charge on any atom is -0.463 e. The number of carbonyl (C=O) groups excluding carboxylic acids is 1. The van der Waals surface area contributed by atoms with Crippen molar-refractivity contribution >= 4 is 34.2 Å². The molecule has 7 heteroatoms. The summed E-state index contributed by atoms with van der Waals surface area (Å²) in [6.07, 6.45) is 1.57. The highest BCUT2D eigenvalue weighted by atomic mass is 35.5. The van der Waals surface area contributed by atoms with Crippen molar-refractivity contribution in [3.05, 3.63) is 65.0 Å². The van der Waals surface area contributed by atoms with Gasteiger partial charge in [-0.05, 0) is 49.4 Å². The van der Waals surface area contributed by atoms with Crippen LogP contribution in [0, 0.1) is 6.92 Å². The number of benzene rings is 1. The molecule has 0 atom stereocenters. The molecule has 6 nitrogen and oxygen atoms in total. The summed E-state index contributed by atoms with van der Waals surface area (Å²) in [6, 6.07) is 12.3. The van der Waals surface area contributed by atoms with Gasteiger partial charge in [0.2, 0.25) is 0 Å². The van der Waals surface area contributed by atoms with Gasteiger partial charge in [-0.2, -0.15) is 5.10 Å². The van der Waals surface area contributed by atoms with Gasteiger partial charge < -0.3 is 9.73 Å². The van der Waals surface area contributed by atoms with Crippen LogP contribution in [0.1, 0.15) is 16.1 Å². The topological polar surface area (TPSA) is 73.0 Å². The first kappa shape index (κ1) is 16.4. The third-order valence-electron chi connectivity index (χ3n) is 4.09. The molecule has 0 aliphatic heterocycles. The van der Waals surface area contributed by atoms with Crippen LogP contribution in [0.3, 0.4) is 0 Å². The van der Waals surface area contributed by atoms with Crippen LogP contribution in [0.2, 0.25) is 5.02 Å². The minimum absolute atomic E-state index is 0.247. The van der Waals surface area contributed by atoms with Gasteiger partial charge >= 0.3 is 0 Å². The maximum atomic E-state index is 13.0. The fourth-order valence-electron chi connectivity index (χ4n) is 2.91. The van der Waals surface area contributed by atoms with Crippen molar-refractivity contribution in [2.24, 2.45) is 7.05 Å². The van der Waals surface area contributed by atoms with Gasteiger partial charge in [0.05, 0.1) is 22.9 Å². The molecule has 0 fully saturated rings. The van der Waals surface area contributed by atoms with Crippen molar-refractivity contribution in [3.63, 3.8) is 0 Å². The van der Waals surface area contributed by atoms with Gasteiger partial charge in [-0.25, -0.2) is 4.98 Å². The number of fused-ring (bicyclic) bond motifs is 1. The second-order valence-electron chi connectivity index (χ2n) is 5.90. The highest BCUT2D eigenvalue weighted by Gasteiger charge is 2.20. The number of halogens is 1. The normalized spacial score (nSPS) is 11.0. The summed E-state index contributed by atoms with van der Waals surface area (Å²) < 4.78 is 7.11. The van der Waals surface area contributed by atoms with Crippen LogP contribution in [-0.2, 0) is 7.05 Å². The van der Waals surface area contributed by atoms with Crippen molar-refractivity contribution in [1.82, 2.24) is 14.8 Å². The Morgan fingerprint density at radius 2 is 2.00 bits per heavy atom. The lowest BCUT2D eigenvalue weighted by atomic mass is 10.1. The first-order valence-corrected chi connectivity index (χ1v) is 8.36. The predicted octanol–water partition coefficient (Wildman–Crippen LogP) is 4.44. The minimum atomic E-state index is -0.247. The molecule has 0 aliphatic carbocycles. The molecule has 26 heavy (non-hydrogen) atoms. The van der Waals surface area contributed by atoms with Crippen molar-refractivity contribution in [3.8, 4) is 11.5 Å². The number of pyridine rings is 1. The number of hydrogen-bond donors (Lipinski definition) is 1. The summed E-state index contributed by atoms with van der Waals surface area (Å²) in [6.45, 7) is 1.86. The van der Waals surface area contributed by atoms with E-state index < -0.39 is 0 Å². The second kappa shape index (κ2) is 6.31. The maximum Gasteiger partial charge on any atom is 0.256 e. The van der Waals surface area contributed by atoms with E-state index in [-0.39, 0.29) is 5.91 Å². The summed E-state index contributed by atoms with van der Waals surface area (Å²) in [4.78, 5) is 17.6. The predicted molar refractivity (Wildman–Crippen MR) is 100 cm³/mol. The molecule has 1 aromatic carbocycles. The van der Waals surface area contributed by atoms with Gasteiger partial charge in [0, 0.05) is 17.8 Å². The molecule has 130 valence electrons. The second-order valence-corrected chi connectivity index (χ2v) is 6.34. The Kier molecular flexibility index (Phi) is 3.97. The van der Waals surface area contributed by atoms with E-state index in [1.165, 1.54) is 0 Å². The first-order valence-electron chi connectivity index (χ1n) is 7.98. The Hall–Kier alpha value is -3.12. The average Bonchev–Trinajstić information content (AvgIpc) is 3.25. The van der Waals surface area contributed by atoms with Gasteiger partial charge in [-0.1, -0.05) is 11.6 Å². The Labute approximate surface area is 154 Å². The number of aryl methyl sites for hydroxylation is 2. The van der Waals surface area contributed by atoms with Crippen molar-refractivity contribution in [2.45, 2.75) is 6.92 Å². The van der Waals surface area contributed by atoms with Crippen LogP contribution in [-0.4, -0.2) is 20.7 Å². The van der Waals surface area contributed by atoms with E-state index in [1.54, 1.807) is 60.5 Å². The van der Waals surface area contributed by atoms with Gasteiger partial charge in [0.25, 0.3) is 5.91 Å². The number of furan rings is 1. The quantitative estimate of drug-likeness (QED) is 0.581. The van der Waals surface area contributed by atoms with Crippen LogP contribution in [0.25, 0.3) is 22.5 Å². The number of aromatic nitrogens is 3. The highest BCUT2D eigenvalue weighted by Crippen LogP contribution is 2.28. The van der Waals surface area contributed by atoms with Gasteiger partial charge in [-0.3, -0.25) is 9.48 Å². The zero-order valence-electron chi connectivity index (χ0n) is 14.2. The number of nitrogens with one attached hydrogen (secondary N) is 1. The maximum absolute atomic E-state index is 13.0. The average molecular weight is 367 g/mol. The zero-order chi connectivity index (χ0) is 18.3. The van der Waals surface area contributed by atoms with E-state index in [0.717, 1.165) is 5.69 Å². The molecular formula is C19H15ClN4O2. The van der Waals surface area contributed by atoms with E-state index in [4.69, 9.17) is 16.0 Å². The van der Waals surface area contributed by atoms with Crippen LogP contribution >= 0.6 is 11.6 Å². The standard InChI is InChI=1S/C19H15ClN4O2/c1-11-17-14(19(25)21-13-7-5-12(20)6-8-13)10-15(16-4-3-9-26-16)22-18(17)24(2)23-11/h3-10H,1-2H3,(H,21,25). The molecular weight excluding hydrogens is 352 g/mol. The van der Waals surface area contributed by atoms with E-state index in [1.807, 2.05) is 6.92 Å². The van der Waals surface area contributed by atoms with Crippen LogP contribution in [0.15, 0.2) is 53.1 Å². The molecule has 4 rings (SSSR count). The molecule has 0 saturated carbocycles. The fraction of sp³-hybridized carbons (Fsp3) is 0.105. The molecule has 0 radical (unpaired) electrons. The molecule has 3 heterocycles. The summed E-state index contributed by atoms with van der Waals surface area (Å²) >= 11 is 5.90. The molecule has 3 aromatic heterocycles. The molecule has 0 saturated heterocycles. The Morgan fingerprint density at radius 3 is 2.69 bits per heavy atom. The van der Waals surface area contributed by atoms with Crippen LogP contribution in [0.4, 0.5) is 5.69 Å². The number of rotatable bonds is 3. The van der Waals surface area contributed by atoms with Crippen molar-refractivity contribution in [1.29, 1.82) is 0 Å². The molecule has 1 amide bonds. The lowest BCUT2D eigenvalue weighted by Crippen LogP contribution is -2.13. The third-order valence-corrected chi connectivity index (χ3v) is 4.34. The number of carbonyl (C=O) groups is 1. The summed E-state index contributed by atoms with van der Waals surface area (Å²) in [5, 5.41) is 8.62. The molecule has 0 spiro atoms. The lowest BCUT2D eigenvalue weighted by molar-refractivity contribution is 0.102. The van der Waals surface area contributed by atoms with E-state index >= 15 is 0 Å². The number of amides is 1. The SMILES string of the molecule is Cc1nn(C)c2nc(-c3ccco3)cc(C(=O)Nc3ccc(Cl)cc3)c12. The summed E-state index contributed by atoms with van der Waals surface area (Å²) in [5.41, 5.74) is 3.08. The smallest absolute Gasteiger partial charge is 0.256 e.